The maximum absolute atomic E-state index is 9.42. The summed E-state index contributed by atoms with van der Waals surface area (Å²) in [6, 6.07) is 5.81. The molecule has 0 unspecified atom stereocenters. The third-order valence-corrected chi connectivity index (χ3v) is 3.34. The predicted octanol–water partition coefficient (Wildman–Crippen LogP) is 3.21. The van der Waals surface area contributed by atoms with Crippen molar-refractivity contribution >= 4 is 22.5 Å². The molecule has 2 aromatic rings. The van der Waals surface area contributed by atoms with Crippen LogP contribution in [0.3, 0.4) is 0 Å². The van der Waals surface area contributed by atoms with Gasteiger partial charge in [0.15, 0.2) is 0 Å². The molecule has 1 aromatic carbocycles. The van der Waals surface area contributed by atoms with Gasteiger partial charge in [-0.2, -0.15) is 0 Å². The largest absolute Gasteiger partial charge is 0.497 e. The fourth-order valence-electron chi connectivity index (χ4n) is 2.09. The molecule has 1 heterocycles. The molecule has 92 valence electrons. The van der Waals surface area contributed by atoms with Crippen molar-refractivity contribution < 1.29 is 9.84 Å². The molecule has 0 saturated carbocycles. The highest BCUT2D eigenvalue weighted by molar-refractivity contribution is 6.32. The summed E-state index contributed by atoms with van der Waals surface area (Å²) in [4.78, 5) is 0. The van der Waals surface area contributed by atoms with Crippen LogP contribution in [-0.2, 0) is 13.2 Å². The Morgan fingerprint density at radius 2 is 2.18 bits per heavy atom. The summed E-state index contributed by atoms with van der Waals surface area (Å²) in [5, 5.41) is 11.0. The van der Waals surface area contributed by atoms with Crippen LogP contribution < -0.4 is 4.74 Å². The normalized spacial score (nSPS) is 11.1. The smallest absolute Gasteiger partial charge is 0.119 e. The summed E-state index contributed by atoms with van der Waals surface area (Å²) in [5.74, 6) is 0.775. The molecule has 0 spiro atoms. The first-order valence-electron chi connectivity index (χ1n) is 5.68. The number of aliphatic hydroxyl groups is 1. The van der Waals surface area contributed by atoms with Crippen LogP contribution in [0, 0.1) is 0 Å². The molecule has 17 heavy (non-hydrogen) atoms. The average Bonchev–Trinajstić information content (AvgIpc) is 2.62. The zero-order valence-electron chi connectivity index (χ0n) is 10.0. The summed E-state index contributed by atoms with van der Waals surface area (Å²) in [6.45, 7) is 2.89. The minimum absolute atomic E-state index is 0.0563. The molecular formula is C13H16ClNO2. The van der Waals surface area contributed by atoms with Crippen LogP contribution in [0.25, 0.3) is 10.9 Å². The number of rotatable bonds is 4. The van der Waals surface area contributed by atoms with E-state index in [0.717, 1.165) is 35.2 Å². The zero-order chi connectivity index (χ0) is 12.4. The van der Waals surface area contributed by atoms with Gasteiger partial charge >= 0.3 is 0 Å². The maximum Gasteiger partial charge on any atom is 0.119 e. The fraction of sp³-hybridized carbons (Fsp3) is 0.385. The minimum Gasteiger partial charge on any atom is -0.497 e. The van der Waals surface area contributed by atoms with Gasteiger partial charge in [0, 0.05) is 23.0 Å². The minimum atomic E-state index is -0.0563. The first-order chi connectivity index (χ1) is 8.22. The molecule has 1 aromatic heterocycles. The lowest BCUT2D eigenvalue weighted by molar-refractivity contribution is 0.283. The Labute approximate surface area is 106 Å². The first kappa shape index (κ1) is 12.3. The molecule has 0 aliphatic rings. The lowest BCUT2D eigenvalue weighted by atomic mass is 10.2. The summed E-state index contributed by atoms with van der Waals surface area (Å²) >= 11 is 6.29. The number of benzene rings is 1. The van der Waals surface area contributed by atoms with E-state index in [0.29, 0.717) is 5.15 Å². The van der Waals surface area contributed by atoms with E-state index in [4.69, 9.17) is 16.3 Å². The number of ether oxygens (including phenoxy) is 1. The average molecular weight is 254 g/mol. The lowest BCUT2D eigenvalue weighted by Crippen LogP contribution is -1.96. The summed E-state index contributed by atoms with van der Waals surface area (Å²) < 4.78 is 7.23. The second-order valence-corrected chi connectivity index (χ2v) is 4.32. The van der Waals surface area contributed by atoms with Crippen LogP contribution in [0.5, 0.6) is 5.75 Å². The Hall–Kier alpha value is -1.19. The number of aryl methyl sites for hydroxylation is 1. The molecule has 0 radical (unpaired) electrons. The second-order valence-electron chi connectivity index (χ2n) is 3.96. The highest BCUT2D eigenvalue weighted by Crippen LogP contribution is 2.32. The number of fused-ring (bicyclic) bond motifs is 1. The van der Waals surface area contributed by atoms with E-state index >= 15 is 0 Å². The maximum atomic E-state index is 9.42. The Kier molecular flexibility index (Phi) is 3.60. The van der Waals surface area contributed by atoms with Gasteiger partial charge in [0.1, 0.15) is 10.9 Å². The van der Waals surface area contributed by atoms with Crippen molar-refractivity contribution in [1.82, 2.24) is 4.57 Å². The molecule has 4 heteroatoms. The number of hydrogen-bond donors (Lipinski definition) is 1. The van der Waals surface area contributed by atoms with Crippen LogP contribution >= 0.6 is 11.6 Å². The van der Waals surface area contributed by atoms with Crippen molar-refractivity contribution in [3.05, 3.63) is 28.9 Å². The van der Waals surface area contributed by atoms with Gasteiger partial charge in [-0.3, -0.25) is 0 Å². The topological polar surface area (TPSA) is 34.4 Å². The third kappa shape index (κ3) is 2.01. The van der Waals surface area contributed by atoms with Gasteiger partial charge in [-0.15, -0.1) is 0 Å². The van der Waals surface area contributed by atoms with E-state index in [1.54, 1.807) is 7.11 Å². The Balaban J connectivity index is 2.70. The monoisotopic (exact) mass is 253 g/mol. The van der Waals surface area contributed by atoms with Crippen LogP contribution in [0.4, 0.5) is 0 Å². The van der Waals surface area contributed by atoms with E-state index in [1.807, 2.05) is 22.8 Å². The second kappa shape index (κ2) is 4.98. The van der Waals surface area contributed by atoms with E-state index in [-0.39, 0.29) is 6.61 Å². The Morgan fingerprint density at radius 3 is 2.76 bits per heavy atom. The van der Waals surface area contributed by atoms with Crippen LogP contribution in [0.15, 0.2) is 18.2 Å². The molecule has 0 aliphatic heterocycles. The number of hydrogen-bond acceptors (Lipinski definition) is 2. The third-order valence-electron chi connectivity index (χ3n) is 2.91. The zero-order valence-corrected chi connectivity index (χ0v) is 10.8. The number of aliphatic hydroxyl groups excluding tert-OH is 1. The van der Waals surface area contributed by atoms with Gasteiger partial charge in [-0.25, -0.2) is 0 Å². The fourth-order valence-corrected chi connectivity index (χ4v) is 2.43. The van der Waals surface area contributed by atoms with Crippen molar-refractivity contribution in [1.29, 1.82) is 0 Å². The molecule has 0 saturated heterocycles. The van der Waals surface area contributed by atoms with Gasteiger partial charge in [0.2, 0.25) is 0 Å². The molecule has 2 rings (SSSR count). The van der Waals surface area contributed by atoms with Crippen LogP contribution in [0.1, 0.15) is 18.9 Å². The van der Waals surface area contributed by atoms with Gasteiger partial charge in [-0.05, 0) is 24.6 Å². The van der Waals surface area contributed by atoms with E-state index in [9.17, 15) is 5.11 Å². The van der Waals surface area contributed by atoms with Crippen molar-refractivity contribution in [3.63, 3.8) is 0 Å². The standard InChI is InChI=1S/C13H16ClNO2/c1-3-6-15-12-5-4-9(17-2)7-10(12)11(8-16)13(15)14/h4-5,7,16H,3,6,8H2,1-2H3. The van der Waals surface area contributed by atoms with E-state index in [2.05, 4.69) is 6.92 Å². The molecular weight excluding hydrogens is 238 g/mol. The highest BCUT2D eigenvalue weighted by Gasteiger charge is 2.14. The quantitative estimate of drug-likeness (QED) is 0.908. The summed E-state index contributed by atoms with van der Waals surface area (Å²) in [6.07, 6.45) is 1.00. The molecule has 0 atom stereocenters. The van der Waals surface area contributed by atoms with Crippen molar-refractivity contribution in [2.24, 2.45) is 0 Å². The SMILES string of the molecule is CCCn1c(Cl)c(CO)c2cc(OC)ccc21. The molecule has 3 nitrogen and oxygen atoms in total. The molecule has 0 fully saturated rings. The van der Waals surface area contributed by atoms with Crippen molar-refractivity contribution in [2.45, 2.75) is 26.5 Å². The highest BCUT2D eigenvalue weighted by atomic mass is 35.5. The Bertz CT molecular complexity index is 534. The summed E-state index contributed by atoms with van der Waals surface area (Å²) in [7, 11) is 1.63. The van der Waals surface area contributed by atoms with Crippen molar-refractivity contribution in [3.8, 4) is 5.75 Å². The van der Waals surface area contributed by atoms with E-state index in [1.165, 1.54) is 0 Å². The van der Waals surface area contributed by atoms with Gasteiger partial charge in [0.05, 0.1) is 13.7 Å². The number of methoxy groups -OCH3 is 1. The van der Waals surface area contributed by atoms with Crippen molar-refractivity contribution in [2.75, 3.05) is 7.11 Å². The van der Waals surface area contributed by atoms with Gasteiger partial charge in [0.25, 0.3) is 0 Å². The molecule has 1 N–H and O–H groups in total. The molecule has 0 bridgehead atoms. The Morgan fingerprint density at radius 1 is 1.41 bits per heavy atom. The molecule has 0 aliphatic carbocycles. The predicted molar refractivity (Wildman–Crippen MR) is 69.7 cm³/mol. The molecule has 0 amide bonds. The van der Waals surface area contributed by atoms with Crippen LogP contribution in [0.2, 0.25) is 5.15 Å². The lowest BCUT2D eigenvalue weighted by Gasteiger charge is -2.05. The number of aromatic nitrogens is 1. The first-order valence-corrected chi connectivity index (χ1v) is 6.06. The van der Waals surface area contributed by atoms with Gasteiger partial charge in [-0.1, -0.05) is 18.5 Å². The summed E-state index contributed by atoms with van der Waals surface area (Å²) in [5.41, 5.74) is 1.82. The van der Waals surface area contributed by atoms with Gasteiger partial charge < -0.3 is 14.4 Å². The number of halogens is 1. The number of nitrogens with zero attached hydrogens (tertiary/aromatic N) is 1. The van der Waals surface area contributed by atoms with Crippen LogP contribution in [-0.4, -0.2) is 16.8 Å². The van der Waals surface area contributed by atoms with E-state index < -0.39 is 0 Å².